The highest BCUT2D eigenvalue weighted by Crippen LogP contribution is 2.67. The summed E-state index contributed by atoms with van der Waals surface area (Å²) in [6.45, 7) is 12.2. The smallest absolute Gasteiger partial charge is 0.155 e. The van der Waals surface area contributed by atoms with Crippen molar-refractivity contribution >= 4 is 5.78 Å². The van der Waals surface area contributed by atoms with E-state index in [0.717, 1.165) is 30.6 Å². The van der Waals surface area contributed by atoms with Gasteiger partial charge in [0.15, 0.2) is 5.78 Å². The highest BCUT2D eigenvalue weighted by Gasteiger charge is 2.61. The van der Waals surface area contributed by atoms with Crippen LogP contribution in [0.15, 0.2) is 11.6 Å². The number of aliphatic hydroxyl groups is 1. The van der Waals surface area contributed by atoms with Gasteiger partial charge in [0.1, 0.15) is 0 Å². The van der Waals surface area contributed by atoms with Crippen molar-refractivity contribution in [3.05, 3.63) is 11.6 Å². The van der Waals surface area contributed by atoms with Crippen LogP contribution in [-0.2, 0) is 4.79 Å². The molecule has 4 aliphatic carbocycles. The Morgan fingerprint density at radius 1 is 1.07 bits per heavy atom. The molecule has 3 saturated carbocycles. The van der Waals surface area contributed by atoms with Gasteiger partial charge in [0.25, 0.3) is 0 Å². The van der Waals surface area contributed by atoms with E-state index in [4.69, 9.17) is 0 Å². The third-order valence-corrected chi connectivity index (χ3v) is 10.2. The molecule has 2 nitrogen and oxygen atoms in total. The molecular formula is C27H44O2. The minimum absolute atomic E-state index is 0.153. The van der Waals surface area contributed by atoms with E-state index in [9.17, 15) is 9.90 Å². The monoisotopic (exact) mass is 400 g/mol. The number of ketones is 1. The van der Waals surface area contributed by atoms with Crippen LogP contribution in [0.4, 0.5) is 0 Å². The predicted octanol–water partition coefficient (Wildman–Crippen LogP) is 6.57. The molecule has 0 saturated heterocycles. The van der Waals surface area contributed by atoms with Crippen molar-refractivity contribution in [1.82, 2.24) is 0 Å². The number of fused-ring (bicyclic) bond motifs is 5. The van der Waals surface area contributed by atoms with E-state index in [0.29, 0.717) is 29.6 Å². The molecule has 4 aliphatic rings. The van der Waals surface area contributed by atoms with E-state index < -0.39 is 0 Å². The van der Waals surface area contributed by atoms with Crippen molar-refractivity contribution < 1.29 is 9.90 Å². The van der Waals surface area contributed by atoms with Gasteiger partial charge in [-0.25, -0.2) is 0 Å². The zero-order valence-corrected chi connectivity index (χ0v) is 19.5. The zero-order valence-electron chi connectivity index (χ0n) is 19.5. The van der Waals surface area contributed by atoms with Crippen molar-refractivity contribution in [3.63, 3.8) is 0 Å². The second-order valence-electron chi connectivity index (χ2n) is 12.1. The Balaban J connectivity index is 1.54. The summed E-state index contributed by atoms with van der Waals surface area (Å²) in [5.74, 6) is 4.40. The molecule has 0 radical (unpaired) electrons. The largest absolute Gasteiger partial charge is 0.392 e. The Bertz CT molecular complexity index is 663. The van der Waals surface area contributed by atoms with E-state index in [2.05, 4.69) is 34.6 Å². The Morgan fingerprint density at radius 3 is 2.55 bits per heavy atom. The summed E-state index contributed by atoms with van der Waals surface area (Å²) in [6.07, 6.45) is 13.4. The van der Waals surface area contributed by atoms with E-state index in [1.165, 1.54) is 50.5 Å². The predicted molar refractivity (Wildman–Crippen MR) is 119 cm³/mol. The average Bonchev–Trinajstić information content (AvgIpc) is 3.00. The van der Waals surface area contributed by atoms with Gasteiger partial charge < -0.3 is 5.11 Å². The van der Waals surface area contributed by atoms with Gasteiger partial charge in [-0.1, -0.05) is 59.5 Å². The SMILES string of the molecule is CC(C)CCC[C@@H](C)[C@H]1CC[C@H]2[C@@H]3[C@H](O)CC4=CC(=O)CC[C@]4(C)[C@@H]3CC[C@]12C. The third kappa shape index (κ3) is 3.56. The maximum absolute atomic E-state index is 12.0. The molecule has 3 fully saturated rings. The highest BCUT2D eigenvalue weighted by atomic mass is 16.3. The molecule has 1 N–H and O–H groups in total. The standard InChI is InChI=1S/C27H44O2/c1-17(2)7-6-8-18(3)21-9-10-22-25-23(12-14-27(21,22)5)26(4)13-11-20(28)15-19(26)16-24(25)29/h15,17-18,21-25,29H,6-14,16H2,1-5H3/t18-,21-,22+,23-,24-,25+,26+,27-/m1/s1. The number of hydrogen-bond donors (Lipinski definition) is 1. The van der Waals surface area contributed by atoms with Crippen molar-refractivity contribution in [2.75, 3.05) is 0 Å². The molecule has 0 aromatic rings. The lowest BCUT2D eigenvalue weighted by Gasteiger charge is -2.60. The fourth-order valence-electron chi connectivity index (χ4n) is 8.55. The van der Waals surface area contributed by atoms with Crippen LogP contribution in [-0.4, -0.2) is 17.0 Å². The van der Waals surface area contributed by atoms with E-state index >= 15 is 0 Å². The van der Waals surface area contributed by atoms with Gasteiger partial charge in [0.2, 0.25) is 0 Å². The van der Waals surface area contributed by atoms with Gasteiger partial charge >= 0.3 is 0 Å². The second kappa shape index (κ2) is 7.81. The number of carbonyl (C=O) groups is 1. The molecule has 0 bridgehead atoms. The molecule has 0 spiro atoms. The number of carbonyl (C=O) groups excluding carboxylic acids is 1. The van der Waals surface area contributed by atoms with Crippen LogP contribution in [0.3, 0.4) is 0 Å². The normalized spacial score (nSPS) is 45.4. The minimum atomic E-state index is -0.246. The van der Waals surface area contributed by atoms with Crippen molar-refractivity contribution in [1.29, 1.82) is 0 Å². The highest BCUT2D eigenvalue weighted by molar-refractivity contribution is 5.91. The second-order valence-corrected chi connectivity index (χ2v) is 12.1. The van der Waals surface area contributed by atoms with Crippen LogP contribution >= 0.6 is 0 Å². The van der Waals surface area contributed by atoms with Gasteiger partial charge in [0.05, 0.1) is 6.10 Å². The Kier molecular flexibility index (Phi) is 5.82. The fraction of sp³-hybridized carbons (Fsp3) is 0.889. The van der Waals surface area contributed by atoms with Crippen LogP contribution in [0.2, 0.25) is 0 Å². The quantitative estimate of drug-likeness (QED) is 0.567. The van der Waals surface area contributed by atoms with Crippen molar-refractivity contribution in [2.45, 2.75) is 105 Å². The lowest BCUT2D eigenvalue weighted by molar-refractivity contribution is -0.124. The molecule has 4 rings (SSSR count). The molecular weight excluding hydrogens is 356 g/mol. The van der Waals surface area contributed by atoms with Crippen LogP contribution in [0, 0.1) is 46.3 Å². The molecule has 0 aromatic heterocycles. The molecule has 8 atom stereocenters. The van der Waals surface area contributed by atoms with E-state index in [-0.39, 0.29) is 17.3 Å². The van der Waals surface area contributed by atoms with Crippen molar-refractivity contribution in [2.24, 2.45) is 46.3 Å². The summed E-state index contributed by atoms with van der Waals surface area (Å²) < 4.78 is 0. The Hall–Kier alpha value is -0.630. The molecule has 2 heteroatoms. The van der Waals surface area contributed by atoms with E-state index in [1.54, 1.807) is 0 Å². The summed E-state index contributed by atoms with van der Waals surface area (Å²) in [7, 11) is 0. The summed E-state index contributed by atoms with van der Waals surface area (Å²) in [5.41, 5.74) is 1.82. The topological polar surface area (TPSA) is 37.3 Å². The zero-order chi connectivity index (χ0) is 21.0. The van der Waals surface area contributed by atoms with Gasteiger partial charge in [-0.2, -0.15) is 0 Å². The minimum Gasteiger partial charge on any atom is -0.392 e. The lowest BCUT2D eigenvalue weighted by Crippen LogP contribution is -2.55. The average molecular weight is 401 g/mol. The summed E-state index contributed by atoms with van der Waals surface area (Å²) in [6, 6.07) is 0. The van der Waals surface area contributed by atoms with Gasteiger partial charge in [0, 0.05) is 6.42 Å². The first-order chi connectivity index (χ1) is 13.7. The molecule has 0 amide bonds. The number of aliphatic hydroxyl groups excluding tert-OH is 1. The molecule has 0 aliphatic heterocycles. The summed E-state index contributed by atoms with van der Waals surface area (Å²) in [5, 5.41) is 11.3. The third-order valence-electron chi connectivity index (χ3n) is 10.2. The number of rotatable bonds is 5. The summed E-state index contributed by atoms with van der Waals surface area (Å²) in [4.78, 5) is 12.0. The lowest BCUT2D eigenvalue weighted by atomic mass is 9.45. The Morgan fingerprint density at radius 2 is 1.83 bits per heavy atom. The molecule has 164 valence electrons. The fourth-order valence-corrected chi connectivity index (χ4v) is 8.55. The maximum Gasteiger partial charge on any atom is 0.155 e. The van der Waals surface area contributed by atoms with Gasteiger partial charge in [-0.3, -0.25) is 4.79 Å². The van der Waals surface area contributed by atoms with E-state index in [1.807, 2.05) is 6.08 Å². The first kappa shape index (κ1) is 21.6. The Labute approximate surface area is 178 Å². The molecule has 0 heterocycles. The number of hydrogen-bond acceptors (Lipinski definition) is 2. The van der Waals surface area contributed by atoms with Crippen LogP contribution in [0.5, 0.6) is 0 Å². The van der Waals surface area contributed by atoms with Crippen LogP contribution in [0.1, 0.15) is 98.8 Å². The van der Waals surface area contributed by atoms with Gasteiger partial charge in [-0.05, 0) is 90.9 Å². The van der Waals surface area contributed by atoms with Crippen LogP contribution < -0.4 is 0 Å². The maximum atomic E-state index is 12.0. The molecule has 0 aromatic carbocycles. The van der Waals surface area contributed by atoms with Crippen molar-refractivity contribution in [3.8, 4) is 0 Å². The molecule has 29 heavy (non-hydrogen) atoms. The molecule has 0 unspecified atom stereocenters. The van der Waals surface area contributed by atoms with Gasteiger partial charge in [-0.15, -0.1) is 0 Å². The first-order valence-corrected chi connectivity index (χ1v) is 12.6. The summed E-state index contributed by atoms with van der Waals surface area (Å²) >= 11 is 0. The van der Waals surface area contributed by atoms with Crippen LogP contribution in [0.25, 0.3) is 0 Å². The first-order valence-electron chi connectivity index (χ1n) is 12.6.